The first kappa shape index (κ1) is 17.4. The minimum Gasteiger partial charge on any atom is -0.394 e. The van der Waals surface area contributed by atoms with Gasteiger partial charge in [0.25, 0.3) is 0 Å². The zero-order valence-electron chi connectivity index (χ0n) is 9.50. The molecule has 2 atom stereocenters. The fraction of sp³-hybridized carbons (Fsp3) is 1.00. The Kier molecular flexibility index (Phi) is 14.0. The molecule has 0 aliphatic carbocycles. The largest absolute Gasteiger partial charge is 0.394 e. The monoisotopic (exact) mass is 218 g/mol. The second-order valence-electron chi connectivity index (χ2n) is 3.34. The van der Waals surface area contributed by atoms with Gasteiger partial charge in [0.1, 0.15) is 18.3 Å². The van der Waals surface area contributed by atoms with Crippen molar-refractivity contribution in [2.24, 2.45) is 0 Å². The maximum absolute atomic E-state index is 8.77. The van der Waals surface area contributed by atoms with Gasteiger partial charge < -0.3 is 25.5 Å². The molecule has 0 fully saturated rings. The Labute approximate surface area is 93.0 Å². The van der Waals surface area contributed by atoms with E-state index < -0.39 is 31.5 Å². The van der Waals surface area contributed by atoms with Crippen LogP contribution in [0.2, 0.25) is 6.32 Å². The van der Waals surface area contributed by atoms with Gasteiger partial charge in [-0.05, 0) is 0 Å². The number of aliphatic hydroxyl groups is 5. The smallest absolute Gasteiger partial charge is 0.110 e. The van der Waals surface area contributed by atoms with E-state index in [0.29, 0.717) is 0 Å². The average Bonchev–Trinajstić information content (AvgIpc) is 2.27. The molecule has 15 heavy (non-hydrogen) atoms. The predicted molar refractivity (Wildman–Crippen MR) is 65.5 cm³/mol. The fourth-order valence-electron chi connectivity index (χ4n) is 0.826. The topological polar surface area (TPSA) is 101 Å². The fourth-order valence-corrected chi connectivity index (χ4v) is 0.826. The molecule has 2 unspecified atom stereocenters. The molecule has 0 aromatic heterocycles. The normalized spacial score (nSPS) is 15.6. The lowest BCUT2D eigenvalue weighted by atomic mass is 9.27. The van der Waals surface area contributed by atoms with E-state index in [2.05, 4.69) is 14.7 Å². The third kappa shape index (κ3) is 10.3. The van der Waals surface area contributed by atoms with Crippen molar-refractivity contribution < 1.29 is 25.5 Å². The molecule has 0 aliphatic heterocycles. The van der Waals surface area contributed by atoms with Crippen LogP contribution in [0, 0.1) is 0 Å². The Hall–Kier alpha value is -0.00519. The van der Waals surface area contributed by atoms with Crippen LogP contribution in [0.15, 0.2) is 0 Å². The van der Waals surface area contributed by atoms with E-state index in [0.717, 1.165) is 0 Å². The number of hydrogen-bond acceptors (Lipinski definition) is 5. The zero-order chi connectivity index (χ0) is 12.3. The highest BCUT2D eigenvalue weighted by Crippen LogP contribution is 1.97. The number of rotatable bonds is 6. The summed E-state index contributed by atoms with van der Waals surface area (Å²) in [6.07, 6.45) is -2.95. The quantitative estimate of drug-likeness (QED) is 0.291. The molecule has 88 valence electrons. The van der Waals surface area contributed by atoms with Crippen molar-refractivity contribution in [3.05, 3.63) is 0 Å². The molecule has 8 heteroatoms. The summed E-state index contributed by atoms with van der Waals surface area (Å²) in [5, 5.41) is 42.6. The van der Waals surface area contributed by atoms with E-state index >= 15 is 0 Å². The summed E-state index contributed by atoms with van der Waals surface area (Å²) in [6.45, 7) is 0.931. The SMILES string of the molecule is BBBCC.OCC(O)C(O)C(O)CO. The van der Waals surface area contributed by atoms with Crippen LogP contribution >= 0.6 is 0 Å². The van der Waals surface area contributed by atoms with E-state index in [1.807, 2.05) is 0 Å². The summed E-state index contributed by atoms with van der Waals surface area (Å²) in [4.78, 5) is 0. The molecule has 0 aromatic carbocycles. The summed E-state index contributed by atoms with van der Waals surface area (Å²) in [5.41, 5.74) is 0. The van der Waals surface area contributed by atoms with E-state index in [1.54, 1.807) is 0 Å². The molecule has 0 saturated carbocycles. The Morgan fingerprint density at radius 2 is 1.47 bits per heavy atom. The zero-order valence-corrected chi connectivity index (χ0v) is 9.50. The Bertz CT molecular complexity index is 117. The highest BCUT2D eigenvalue weighted by molar-refractivity contribution is 7.23. The molecule has 0 rings (SSSR count). The van der Waals surface area contributed by atoms with Gasteiger partial charge in [-0.25, -0.2) is 0 Å². The summed E-state index contributed by atoms with van der Waals surface area (Å²) >= 11 is 0. The minimum atomic E-state index is -1.49. The van der Waals surface area contributed by atoms with Gasteiger partial charge in [0.2, 0.25) is 0 Å². The van der Waals surface area contributed by atoms with Gasteiger partial charge in [0.15, 0.2) is 0 Å². The minimum absolute atomic E-state index is 0.641. The van der Waals surface area contributed by atoms with E-state index in [-0.39, 0.29) is 0 Å². The molecule has 0 radical (unpaired) electrons. The first-order chi connectivity index (χ1) is 7.04. The van der Waals surface area contributed by atoms with Crippen LogP contribution < -0.4 is 0 Å². The average molecular weight is 218 g/mol. The van der Waals surface area contributed by atoms with Crippen molar-refractivity contribution in [2.75, 3.05) is 13.2 Å². The van der Waals surface area contributed by atoms with E-state index in [4.69, 9.17) is 25.5 Å². The van der Waals surface area contributed by atoms with Gasteiger partial charge in [0, 0.05) is 0 Å². The third-order valence-corrected chi connectivity index (χ3v) is 1.87. The second kappa shape index (κ2) is 12.1. The molecular formula is C7H21B3O5. The molecule has 5 N–H and O–H groups in total. The highest BCUT2D eigenvalue weighted by atomic mass is 16.4. The molecule has 0 heterocycles. The van der Waals surface area contributed by atoms with Gasteiger partial charge in [-0.2, -0.15) is 0 Å². The van der Waals surface area contributed by atoms with Crippen LogP contribution in [0.25, 0.3) is 0 Å². The van der Waals surface area contributed by atoms with Gasteiger partial charge in [-0.15, -0.1) is 0 Å². The van der Waals surface area contributed by atoms with Crippen molar-refractivity contribution in [2.45, 2.75) is 31.6 Å². The van der Waals surface area contributed by atoms with Crippen LogP contribution in [0.3, 0.4) is 0 Å². The molecule has 0 amide bonds. The van der Waals surface area contributed by atoms with Crippen molar-refractivity contribution in [3.63, 3.8) is 0 Å². The molecule has 0 aliphatic rings. The van der Waals surface area contributed by atoms with Crippen LogP contribution in [-0.2, 0) is 0 Å². The predicted octanol–water partition coefficient (Wildman–Crippen LogP) is -4.19. The number of hydrogen-bond donors (Lipinski definition) is 5. The lowest BCUT2D eigenvalue weighted by Crippen LogP contribution is -2.41. The van der Waals surface area contributed by atoms with Crippen LogP contribution in [0.4, 0.5) is 0 Å². The van der Waals surface area contributed by atoms with Gasteiger partial charge in [-0.1, -0.05) is 13.2 Å². The van der Waals surface area contributed by atoms with Crippen molar-refractivity contribution in [1.82, 2.24) is 0 Å². The molecule has 0 bridgehead atoms. The Morgan fingerprint density at radius 3 is 1.60 bits per heavy atom. The maximum Gasteiger partial charge on any atom is 0.110 e. The van der Waals surface area contributed by atoms with Crippen LogP contribution in [-0.4, -0.2) is 79.0 Å². The molecule has 0 saturated heterocycles. The van der Waals surface area contributed by atoms with E-state index in [1.165, 1.54) is 20.6 Å². The van der Waals surface area contributed by atoms with Gasteiger partial charge >= 0.3 is 0 Å². The van der Waals surface area contributed by atoms with E-state index in [9.17, 15) is 0 Å². The Balaban J connectivity index is 0. The number of aliphatic hydroxyl groups excluding tert-OH is 5. The first-order valence-electron chi connectivity index (χ1n) is 5.30. The van der Waals surface area contributed by atoms with Crippen molar-refractivity contribution in [3.8, 4) is 0 Å². The maximum atomic E-state index is 8.77. The summed E-state index contributed by atoms with van der Waals surface area (Å²) < 4.78 is 0. The second-order valence-corrected chi connectivity index (χ2v) is 3.34. The summed E-state index contributed by atoms with van der Waals surface area (Å²) in [6, 6.07) is 0. The van der Waals surface area contributed by atoms with Crippen molar-refractivity contribution >= 4 is 22.0 Å². The highest BCUT2D eigenvalue weighted by Gasteiger charge is 2.22. The molecule has 0 spiro atoms. The van der Waals surface area contributed by atoms with Crippen LogP contribution in [0.1, 0.15) is 6.92 Å². The van der Waals surface area contributed by atoms with Crippen molar-refractivity contribution in [1.29, 1.82) is 0 Å². The lowest BCUT2D eigenvalue weighted by Gasteiger charge is -2.19. The summed E-state index contributed by atoms with van der Waals surface area (Å²) in [5.74, 6) is 0. The van der Waals surface area contributed by atoms with Crippen LogP contribution in [0.5, 0.6) is 0 Å². The third-order valence-electron chi connectivity index (χ3n) is 1.87. The molecule has 0 aromatic rings. The summed E-state index contributed by atoms with van der Waals surface area (Å²) in [7, 11) is 4.94. The molecule has 5 nitrogen and oxygen atoms in total. The first-order valence-corrected chi connectivity index (χ1v) is 5.30. The van der Waals surface area contributed by atoms with Gasteiger partial charge in [-0.3, -0.25) is 0 Å². The standard InChI is InChI=1S/C5H12O5.C2H9B3/c6-1-3(8)5(10)4(9)2-7;1-2-4-5-3/h3-10H,1-2H2;4-5H,2-3H2,1H3. The Morgan fingerprint density at radius 1 is 1.07 bits per heavy atom. The molecular weight excluding hydrogens is 197 g/mol. The van der Waals surface area contributed by atoms with Gasteiger partial charge in [0.05, 0.1) is 35.2 Å². The lowest BCUT2D eigenvalue weighted by molar-refractivity contribution is -0.0900.